The third-order valence-electron chi connectivity index (χ3n) is 2.30. The van der Waals surface area contributed by atoms with Gasteiger partial charge in [-0.25, -0.2) is 0 Å². The molecule has 0 amide bonds. The molecule has 1 fully saturated rings. The van der Waals surface area contributed by atoms with Crippen LogP contribution in [0.15, 0.2) is 0 Å². The molecule has 78 valence electrons. The van der Waals surface area contributed by atoms with Gasteiger partial charge in [-0.1, -0.05) is 6.92 Å². The van der Waals surface area contributed by atoms with Crippen molar-refractivity contribution in [3.8, 4) is 0 Å². The van der Waals surface area contributed by atoms with Gasteiger partial charge in [0.25, 0.3) is 0 Å². The summed E-state index contributed by atoms with van der Waals surface area (Å²) in [5.74, 6) is 0. The minimum Gasteiger partial charge on any atom is -0.280 e. The molecule has 0 atom stereocenters. The predicted molar refractivity (Wildman–Crippen MR) is 55.1 cm³/mol. The molecule has 1 saturated heterocycles. The highest BCUT2D eigenvalue weighted by Gasteiger charge is 2.15. The predicted octanol–water partition coefficient (Wildman–Crippen LogP) is -0.0527. The van der Waals surface area contributed by atoms with Crippen molar-refractivity contribution in [3.05, 3.63) is 0 Å². The molecule has 1 heterocycles. The Kier molecular flexibility index (Phi) is 4.12. The first-order chi connectivity index (χ1) is 6.11. The molecule has 0 spiro atoms. The molecule has 0 saturated carbocycles. The van der Waals surface area contributed by atoms with Gasteiger partial charge in [-0.3, -0.25) is 19.6 Å². The summed E-state index contributed by atoms with van der Waals surface area (Å²) in [6, 6.07) is 0. The van der Waals surface area contributed by atoms with Crippen LogP contribution in [0, 0.1) is 0 Å². The first-order valence-corrected chi connectivity index (χ1v) is 4.89. The van der Waals surface area contributed by atoms with E-state index in [1.807, 2.05) is 0 Å². The zero-order valence-corrected chi connectivity index (χ0v) is 9.32. The van der Waals surface area contributed by atoms with Gasteiger partial charge in [-0.15, -0.1) is 0 Å². The highest BCUT2D eigenvalue weighted by atomic mass is 15.5. The summed E-state index contributed by atoms with van der Waals surface area (Å²) in [5, 5.41) is 0. The monoisotopic (exact) mass is 186 g/mol. The Hall–Kier alpha value is -0.160. The summed E-state index contributed by atoms with van der Waals surface area (Å²) in [7, 11) is 6.50. The molecule has 0 aliphatic carbocycles. The van der Waals surface area contributed by atoms with Crippen LogP contribution in [0.4, 0.5) is 0 Å². The summed E-state index contributed by atoms with van der Waals surface area (Å²) in [6.07, 6.45) is 0. The second-order valence-electron chi connectivity index (χ2n) is 4.12. The molecule has 0 bridgehead atoms. The van der Waals surface area contributed by atoms with Crippen molar-refractivity contribution in [1.82, 2.24) is 19.6 Å². The second kappa shape index (κ2) is 4.91. The van der Waals surface area contributed by atoms with E-state index in [1.54, 1.807) is 0 Å². The topological polar surface area (TPSA) is 13.0 Å². The molecule has 1 rings (SSSR count). The Balaban J connectivity index is 2.48. The normalized spacial score (nSPS) is 25.8. The van der Waals surface area contributed by atoms with Gasteiger partial charge in [-0.05, 0) is 27.7 Å². The lowest BCUT2D eigenvalue weighted by molar-refractivity contribution is 0.00510. The highest BCUT2D eigenvalue weighted by Crippen LogP contribution is 2.00. The summed E-state index contributed by atoms with van der Waals surface area (Å²) >= 11 is 0. The average molecular weight is 186 g/mol. The van der Waals surface area contributed by atoms with E-state index < -0.39 is 0 Å². The van der Waals surface area contributed by atoms with Crippen LogP contribution in [-0.2, 0) is 0 Å². The summed E-state index contributed by atoms with van der Waals surface area (Å²) in [5.41, 5.74) is 0. The van der Waals surface area contributed by atoms with Gasteiger partial charge in [0.15, 0.2) is 0 Å². The largest absolute Gasteiger partial charge is 0.280 e. The van der Waals surface area contributed by atoms with Gasteiger partial charge in [0, 0.05) is 0 Å². The smallest absolute Gasteiger partial charge is 0.0526 e. The molecule has 0 aromatic heterocycles. The molecule has 0 aromatic rings. The van der Waals surface area contributed by atoms with E-state index in [9.17, 15) is 0 Å². The molecule has 0 aromatic carbocycles. The number of nitrogens with zero attached hydrogens (tertiary/aromatic N) is 4. The Morgan fingerprint density at radius 1 is 0.769 bits per heavy atom. The second-order valence-corrected chi connectivity index (χ2v) is 4.12. The fourth-order valence-electron chi connectivity index (χ4n) is 1.89. The molecule has 13 heavy (non-hydrogen) atoms. The Bertz CT molecular complexity index is 137. The van der Waals surface area contributed by atoms with Crippen LogP contribution >= 0.6 is 0 Å². The van der Waals surface area contributed by atoms with Crippen molar-refractivity contribution in [2.24, 2.45) is 0 Å². The van der Waals surface area contributed by atoms with Crippen molar-refractivity contribution in [1.29, 1.82) is 0 Å². The Morgan fingerprint density at radius 2 is 1.15 bits per heavy atom. The fraction of sp³-hybridized carbons (Fsp3) is 1.00. The van der Waals surface area contributed by atoms with Gasteiger partial charge < -0.3 is 0 Å². The van der Waals surface area contributed by atoms with Crippen LogP contribution < -0.4 is 0 Å². The maximum absolute atomic E-state index is 2.44. The van der Waals surface area contributed by atoms with Gasteiger partial charge >= 0.3 is 0 Å². The molecule has 4 heteroatoms. The van der Waals surface area contributed by atoms with E-state index in [2.05, 4.69) is 47.7 Å². The number of rotatable bonds is 1. The zero-order valence-electron chi connectivity index (χ0n) is 9.32. The maximum atomic E-state index is 2.44. The minimum atomic E-state index is 1.04. The summed E-state index contributed by atoms with van der Waals surface area (Å²) in [6.45, 7) is 7.55. The molecular formula is C9H22N4. The van der Waals surface area contributed by atoms with E-state index in [1.165, 1.54) is 0 Å². The molecule has 4 nitrogen and oxygen atoms in total. The molecule has 0 unspecified atom stereocenters. The zero-order chi connectivity index (χ0) is 9.84. The van der Waals surface area contributed by atoms with Crippen molar-refractivity contribution < 1.29 is 0 Å². The number of hydrogen-bond donors (Lipinski definition) is 0. The maximum Gasteiger partial charge on any atom is 0.0526 e. The third kappa shape index (κ3) is 3.60. The van der Waals surface area contributed by atoms with Crippen LogP contribution in [0.3, 0.4) is 0 Å². The average Bonchev–Trinajstić information content (AvgIpc) is 1.99. The Labute approximate surface area is 81.7 Å². The first kappa shape index (κ1) is 10.9. The minimum absolute atomic E-state index is 1.04. The van der Waals surface area contributed by atoms with Crippen LogP contribution in [0.5, 0.6) is 0 Å². The molecular weight excluding hydrogens is 164 g/mol. The third-order valence-corrected chi connectivity index (χ3v) is 2.30. The summed E-state index contributed by atoms with van der Waals surface area (Å²) < 4.78 is 0. The molecule has 1 aliphatic rings. The van der Waals surface area contributed by atoms with Crippen LogP contribution in [0.1, 0.15) is 6.92 Å². The summed E-state index contributed by atoms with van der Waals surface area (Å²) in [4.78, 5) is 9.45. The van der Waals surface area contributed by atoms with Gasteiger partial charge in [-0.2, -0.15) is 0 Å². The number of hydrogen-bond acceptors (Lipinski definition) is 4. The fourth-order valence-corrected chi connectivity index (χ4v) is 1.89. The molecule has 0 N–H and O–H groups in total. The van der Waals surface area contributed by atoms with Gasteiger partial charge in [0.05, 0.1) is 26.7 Å². The van der Waals surface area contributed by atoms with Gasteiger partial charge in [0.2, 0.25) is 0 Å². The van der Waals surface area contributed by atoms with E-state index in [4.69, 9.17) is 0 Å². The van der Waals surface area contributed by atoms with E-state index in [-0.39, 0.29) is 0 Å². The van der Waals surface area contributed by atoms with E-state index in [0.717, 1.165) is 33.2 Å². The highest BCUT2D eigenvalue weighted by molar-refractivity contribution is 4.61. The van der Waals surface area contributed by atoms with Crippen LogP contribution in [0.25, 0.3) is 0 Å². The lowest BCUT2D eigenvalue weighted by atomic mass is 10.5. The van der Waals surface area contributed by atoms with E-state index >= 15 is 0 Å². The lowest BCUT2D eigenvalue weighted by Crippen LogP contribution is -2.51. The quantitative estimate of drug-likeness (QED) is 0.569. The molecule has 0 radical (unpaired) electrons. The van der Waals surface area contributed by atoms with Crippen molar-refractivity contribution in [2.75, 3.05) is 54.4 Å². The van der Waals surface area contributed by atoms with E-state index in [0.29, 0.717) is 0 Å². The van der Waals surface area contributed by atoms with Crippen molar-refractivity contribution in [3.63, 3.8) is 0 Å². The SMILES string of the molecule is CCN1CN(C)CN(C)CN(C)C1. The van der Waals surface area contributed by atoms with Crippen LogP contribution in [0.2, 0.25) is 0 Å². The lowest BCUT2D eigenvalue weighted by Gasteiger charge is -2.37. The van der Waals surface area contributed by atoms with Gasteiger partial charge in [0.1, 0.15) is 0 Å². The van der Waals surface area contributed by atoms with Crippen molar-refractivity contribution in [2.45, 2.75) is 6.92 Å². The van der Waals surface area contributed by atoms with Crippen molar-refractivity contribution >= 4 is 0 Å². The Morgan fingerprint density at radius 3 is 1.54 bits per heavy atom. The molecule has 1 aliphatic heterocycles. The van der Waals surface area contributed by atoms with Crippen LogP contribution in [-0.4, -0.2) is 74.0 Å². The standard InChI is InChI=1S/C9H22N4/c1-5-13-8-11(3)6-10(2)7-12(4)9-13/h5-9H2,1-4H3. The first-order valence-electron chi connectivity index (χ1n) is 4.89.